The highest BCUT2D eigenvalue weighted by Gasteiger charge is 2.33. The number of nitrogens with one attached hydrogen (secondary N) is 1. The predicted molar refractivity (Wildman–Crippen MR) is 111 cm³/mol. The van der Waals surface area contributed by atoms with Crippen LogP contribution < -0.4 is 21.5 Å². The highest BCUT2D eigenvalue weighted by atomic mass is 32.1. The highest BCUT2D eigenvalue weighted by Crippen LogP contribution is 2.34. The fourth-order valence-corrected chi connectivity index (χ4v) is 4.59. The van der Waals surface area contributed by atoms with Gasteiger partial charge in [0, 0.05) is 20.1 Å². The average Bonchev–Trinajstić information content (AvgIpc) is 3.39. The molecule has 0 aliphatic carbocycles. The molecule has 1 fully saturated rings. The zero-order valence-corrected chi connectivity index (χ0v) is 17.2. The maximum Gasteiger partial charge on any atom is 0.418 e. The van der Waals surface area contributed by atoms with Gasteiger partial charge in [-0.3, -0.25) is 18.7 Å². The van der Waals surface area contributed by atoms with Crippen molar-refractivity contribution < 1.29 is 18.0 Å². The van der Waals surface area contributed by atoms with Gasteiger partial charge < -0.3 is 10.2 Å². The quantitative estimate of drug-likeness (QED) is 0.656. The normalized spacial score (nSPS) is 14.4. The van der Waals surface area contributed by atoms with E-state index in [1.54, 1.807) is 0 Å². The molecule has 0 radical (unpaired) electrons. The van der Waals surface area contributed by atoms with E-state index in [1.807, 2.05) is 4.90 Å². The van der Waals surface area contributed by atoms with Crippen molar-refractivity contribution in [2.45, 2.75) is 25.6 Å². The maximum absolute atomic E-state index is 13.2. The Morgan fingerprint density at radius 2 is 1.87 bits per heavy atom. The van der Waals surface area contributed by atoms with E-state index in [1.165, 1.54) is 19.2 Å². The fourth-order valence-electron chi connectivity index (χ4n) is 3.49. The number of thiazole rings is 1. The smallest absolute Gasteiger partial charge is 0.348 e. The lowest BCUT2D eigenvalue weighted by Crippen LogP contribution is -2.40. The van der Waals surface area contributed by atoms with Crippen molar-refractivity contribution in [2.24, 2.45) is 7.05 Å². The van der Waals surface area contributed by atoms with E-state index in [4.69, 9.17) is 0 Å². The van der Waals surface area contributed by atoms with Crippen molar-refractivity contribution >= 4 is 38.4 Å². The van der Waals surface area contributed by atoms with Crippen LogP contribution in [0.2, 0.25) is 0 Å². The number of nitrogens with zero attached hydrogens (tertiary/aromatic N) is 4. The van der Waals surface area contributed by atoms with Gasteiger partial charge in [-0.2, -0.15) is 13.2 Å². The van der Waals surface area contributed by atoms with Crippen LogP contribution >= 0.6 is 11.3 Å². The number of aromatic nitrogens is 3. The van der Waals surface area contributed by atoms with Gasteiger partial charge in [-0.15, -0.1) is 0 Å². The Bertz CT molecular complexity index is 1270. The molecule has 1 amide bonds. The zero-order valence-electron chi connectivity index (χ0n) is 16.4. The van der Waals surface area contributed by atoms with E-state index in [0.29, 0.717) is 5.13 Å². The van der Waals surface area contributed by atoms with Crippen LogP contribution in [0.4, 0.5) is 24.0 Å². The molecule has 1 N–H and O–H groups in total. The summed E-state index contributed by atoms with van der Waals surface area (Å²) in [5, 5.41) is 2.79. The first-order chi connectivity index (χ1) is 14.7. The first-order valence-corrected chi connectivity index (χ1v) is 10.3. The Labute approximate surface area is 177 Å². The number of halogens is 3. The van der Waals surface area contributed by atoms with Gasteiger partial charge in [0.1, 0.15) is 11.2 Å². The van der Waals surface area contributed by atoms with Crippen LogP contribution in [0.5, 0.6) is 0 Å². The van der Waals surface area contributed by atoms with Gasteiger partial charge in [0.05, 0.1) is 11.3 Å². The molecule has 3 aromatic rings. The van der Waals surface area contributed by atoms with Gasteiger partial charge >= 0.3 is 11.9 Å². The van der Waals surface area contributed by atoms with E-state index in [2.05, 4.69) is 10.3 Å². The molecular formula is C19H18F3N5O3S. The van der Waals surface area contributed by atoms with Crippen molar-refractivity contribution in [3.8, 4) is 0 Å². The van der Waals surface area contributed by atoms with Crippen LogP contribution in [0, 0.1) is 0 Å². The van der Waals surface area contributed by atoms with E-state index in [-0.39, 0.29) is 10.3 Å². The van der Waals surface area contributed by atoms with Crippen molar-refractivity contribution in [2.75, 3.05) is 23.3 Å². The second kappa shape index (κ2) is 7.84. The largest absolute Gasteiger partial charge is 0.418 e. The predicted octanol–water partition coefficient (Wildman–Crippen LogP) is 2.41. The summed E-state index contributed by atoms with van der Waals surface area (Å²) in [6.45, 7) is 0.969. The van der Waals surface area contributed by atoms with Crippen LogP contribution in [0.1, 0.15) is 18.4 Å². The molecule has 0 saturated carbocycles. The Morgan fingerprint density at radius 3 is 2.55 bits per heavy atom. The topological polar surface area (TPSA) is 89.2 Å². The monoisotopic (exact) mass is 453 g/mol. The zero-order chi connectivity index (χ0) is 22.3. The van der Waals surface area contributed by atoms with Crippen LogP contribution in [-0.2, 0) is 24.6 Å². The molecule has 2 aromatic heterocycles. The first-order valence-electron chi connectivity index (χ1n) is 9.48. The third-order valence-corrected chi connectivity index (χ3v) is 6.15. The van der Waals surface area contributed by atoms with Crippen molar-refractivity contribution in [3.63, 3.8) is 0 Å². The number of carbonyl (C=O) groups is 1. The second-order valence-electron chi connectivity index (χ2n) is 7.17. The lowest BCUT2D eigenvalue weighted by atomic mass is 10.1. The minimum absolute atomic E-state index is 0.0549. The van der Waals surface area contributed by atoms with Gasteiger partial charge in [0.25, 0.3) is 5.56 Å². The molecule has 12 heteroatoms. The Morgan fingerprint density at radius 1 is 1.19 bits per heavy atom. The number of para-hydroxylation sites is 1. The molecule has 1 aliphatic rings. The molecule has 1 aromatic carbocycles. The Kier molecular flexibility index (Phi) is 5.33. The number of anilines is 2. The standard InChI is InChI=1S/C19H18F3N5O3S/c1-25-16(29)14-15(24-17(31-14)26-8-4-5-9-26)27(18(25)30)10-13(28)23-12-7-3-2-6-11(12)19(20,21)22/h2-3,6-7H,4-5,8-10H2,1H3,(H,23,28). The van der Waals surface area contributed by atoms with E-state index in [0.717, 1.165) is 58.5 Å². The average molecular weight is 453 g/mol. The molecule has 164 valence electrons. The number of benzene rings is 1. The van der Waals surface area contributed by atoms with Gasteiger partial charge in [-0.25, -0.2) is 9.78 Å². The summed E-state index contributed by atoms with van der Waals surface area (Å²) >= 11 is 1.14. The van der Waals surface area contributed by atoms with Crippen molar-refractivity contribution in [3.05, 3.63) is 50.7 Å². The van der Waals surface area contributed by atoms with Crippen LogP contribution in [0.25, 0.3) is 10.3 Å². The summed E-state index contributed by atoms with van der Waals surface area (Å²) in [5.41, 5.74) is -2.65. The van der Waals surface area contributed by atoms with Gasteiger partial charge in [0.2, 0.25) is 5.91 Å². The van der Waals surface area contributed by atoms with Crippen molar-refractivity contribution in [1.82, 2.24) is 14.1 Å². The highest BCUT2D eigenvalue weighted by molar-refractivity contribution is 7.22. The number of carbonyl (C=O) groups excluding carboxylic acids is 1. The van der Waals surface area contributed by atoms with Crippen molar-refractivity contribution in [1.29, 1.82) is 0 Å². The molecule has 0 spiro atoms. The molecule has 31 heavy (non-hydrogen) atoms. The van der Waals surface area contributed by atoms with Crippen LogP contribution in [0.3, 0.4) is 0 Å². The Balaban J connectivity index is 1.71. The molecule has 0 unspecified atom stereocenters. The summed E-state index contributed by atoms with van der Waals surface area (Å²) in [7, 11) is 1.28. The summed E-state index contributed by atoms with van der Waals surface area (Å²) < 4.78 is 41.7. The minimum atomic E-state index is -4.65. The molecule has 3 heterocycles. The third kappa shape index (κ3) is 3.94. The van der Waals surface area contributed by atoms with E-state index >= 15 is 0 Å². The first kappa shape index (κ1) is 21.1. The molecule has 1 saturated heterocycles. The molecule has 8 nitrogen and oxygen atoms in total. The number of fused-ring (bicyclic) bond motifs is 1. The summed E-state index contributed by atoms with van der Waals surface area (Å²) in [5.74, 6) is -0.838. The number of hydrogen-bond acceptors (Lipinski definition) is 6. The summed E-state index contributed by atoms with van der Waals surface area (Å²) in [4.78, 5) is 44.2. The number of hydrogen-bond donors (Lipinski definition) is 1. The van der Waals surface area contributed by atoms with Crippen LogP contribution in [-0.4, -0.2) is 33.1 Å². The Hall–Kier alpha value is -3.15. The second-order valence-corrected chi connectivity index (χ2v) is 8.15. The van der Waals surface area contributed by atoms with Gasteiger partial charge in [0.15, 0.2) is 10.8 Å². The van der Waals surface area contributed by atoms with E-state index in [9.17, 15) is 27.6 Å². The molecule has 4 rings (SSSR count). The maximum atomic E-state index is 13.2. The number of rotatable bonds is 4. The molecule has 0 atom stereocenters. The third-order valence-electron chi connectivity index (χ3n) is 5.06. The molecular weight excluding hydrogens is 435 g/mol. The number of amides is 1. The minimum Gasteiger partial charge on any atom is -0.348 e. The SMILES string of the molecule is Cn1c(=O)c2sc(N3CCCC3)nc2n(CC(=O)Nc2ccccc2C(F)(F)F)c1=O. The van der Waals surface area contributed by atoms with Crippen LogP contribution in [0.15, 0.2) is 33.9 Å². The summed E-state index contributed by atoms with van der Waals surface area (Å²) in [6.07, 6.45) is -2.67. The molecule has 1 aliphatic heterocycles. The fraction of sp³-hybridized carbons (Fsp3) is 0.368. The van der Waals surface area contributed by atoms with Gasteiger partial charge in [-0.05, 0) is 25.0 Å². The lowest BCUT2D eigenvalue weighted by Gasteiger charge is -2.14. The number of alkyl halides is 3. The van der Waals surface area contributed by atoms with E-state index < -0.39 is 41.1 Å². The van der Waals surface area contributed by atoms with Gasteiger partial charge in [-0.1, -0.05) is 23.5 Å². The molecule has 0 bridgehead atoms. The lowest BCUT2D eigenvalue weighted by molar-refractivity contribution is -0.137. The summed E-state index contributed by atoms with van der Waals surface area (Å²) in [6, 6.07) is 4.57.